The van der Waals surface area contributed by atoms with E-state index in [0.717, 1.165) is 0 Å². The van der Waals surface area contributed by atoms with E-state index >= 15 is 0 Å². The van der Waals surface area contributed by atoms with Crippen molar-refractivity contribution in [3.05, 3.63) is 99.9 Å². The Labute approximate surface area is 199 Å². The van der Waals surface area contributed by atoms with Crippen molar-refractivity contribution in [1.82, 2.24) is 0 Å². The molecule has 2 nitrogen and oxygen atoms in total. The van der Waals surface area contributed by atoms with Crippen molar-refractivity contribution >= 4 is 5.57 Å². The fourth-order valence-electron chi connectivity index (χ4n) is 4.77. The van der Waals surface area contributed by atoms with Gasteiger partial charge in [0.15, 0.2) is 23.3 Å². The van der Waals surface area contributed by atoms with Gasteiger partial charge in [0.2, 0.25) is 0 Å². The Kier molecular flexibility index (Phi) is 6.23. The number of benzene rings is 3. The number of ether oxygens (including phenoxy) is 1. The molecule has 7 heteroatoms. The molecule has 182 valence electrons. The summed E-state index contributed by atoms with van der Waals surface area (Å²) >= 11 is 0. The molecule has 0 bridgehead atoms. The van der Waals surface area contributed by atoms with Crippen molar-refractivity contribution in [3.8, 4) is 11.1 Å². The molecule has 3 aromatic rings. The van der Waals surface area contributed by atoms with E-state index in [9.17, 15) is 27.1 Å². The summed E-state index contributed by atoms with van der Waals surface area (Å²) in [5.74, 6) is -4.89. The topological polar surface area (TPSA) is 32.8 Å². The first-order valence-electron chi connectivity index (χ1n) is 11.5. The maximum Gasteiger partial charge on any atom is 0.167 e. The van der Waals surface area contributed by atoms with Gasteiger partial charge in [0, 0.05) is 27.8 Å². The van der Waals surface area contributed by atoms with Gasteiger partial charge in [-0.25, -0.2) is 22.0 Å². The second-order valence-electron chi connectivity index (χ2n) is 9.10. The van der Waals surface area contributed by atoms with Crippen LogP contribution in [0.15, 0.2) is 48.5 Å². The molecule has 1 N–H and O–H groups in total. The summed E-state index contributed by atoms with van der Waals surface area (Å²) in [5, 5.41) is 9.57. The number of hydrogen-bond donors (Lipinski definition) is 1. The average Bonchev–Trinajstić information content (AvgIpc) is 3.68. The molecule has 0 aromatic heterocycles. The molecule has 35 heavy (non-hydrogen) atoms. The van der Waals surface area contributed by atoms with Gasteiger partial charge in [-0.3, -0.25) is 0 Å². The van der Waals surface area contributed by atoms with Crippen LogP contribution < -0.4 is 0 Å². The molecule has 3 atom stereocenters. The Morgan fingerprint density at radius 3 is 2.17 bits per heavy atom. The van der Waals surface area contributed by atoms with Crippen LogP contribution in [0.25, 0.3) is 16.7 Å². The van der Waals surface area contributed by atoms with Crippen LogP contribution in [-0.4, -0.2) is 11.7 Å². The van der Waals surface area contributed by atoms with Crippen LogP contribution in [-0.2, 0) is 4.74 Å². The zero-order valence-corrected chi connectivity index (χ0v) is 18.9. The minimum atomic E-state index is -1.11. The molecule has 3 aromatic carbocycles. The SMILES string of the molecule is CC(O)c1ccc(C2=CCC(c3ccc(-c4ccc(C5CO5)c(F)c4F)c(F)c3)CC2)c(F)c1F. The van der Waals surface area contributed by atoms with Crippen LogP contribution in [0.3, 0.4) is 0 Å². The Morgan fingerprint density at radius 1 is 0.857 bits per heavy atom. The summed E-state index contributed by atoms with van der Waals surface area (Å²) < 4.78 is 77.9. The van der Waals surface area contributed by atoms with Crippen LogP contribution in [0, 0.1) is 29.1 Å². The molecule has 5 rings (SSSR count). The molecule has 1 saturated heterocycles. The van der Waals surface area contributed by atoms with Crippen LogP contribution in [0.1, 0.15) is 66.6 Å². The second-order valence-corrected chi connectivity index (χ2v) is 9.10. The summed E-state index contributed by atoms with van der Waals surface area (Å²) in [6, 6.07) is 10.1. The molecule has 1 aliphatic heterocycles. The van der Waals surface area contributed by atoms with E-state index in [1.165, 1.54) is 43.3 Å². The number of epoxide rings is 1. The first-order chi connectivity index (χ1) is 16.8. The third kappa shape index (κ3) is 4.39. The van der Waals surface area contributed by atoms with E-state index < -0.39 is 41.3 Å². The van der Waals surface area contributed by atoms with Crippen molar-refractivity contribution < 1.29 is 31.8 Å². The van der Waals surface area contributed by atoms with Crippen molar-refractivity contribution in [1.29, 1.82) is 0 Å². The zero-order chi connectivity index (χ0) is 24.9. The zero-order valence-electron chi connectivity index (χ0n) is 18.9. The van der Waals surface area contributed by atoms with Gasteiger partial charge in [-0.15, -0.1) is 0 Å². The lowest BCUT2D eigenvalue weighted by atomic mass is 9.82. The Balaban J connectivity index is 1.36. The largest absolute Gasteiger partial charge is 0.389 e. The highest BCUT2D eigenvalue weighted by atomic mass is 19.2. The van der Waals surface area contributed by atoms with Gasteiger partial charge in [-0.1, -0.05) is 42.5 Å². The van der Waals surface area contributed by atoms with Crippen LogP contribution in [0.2, 0.25) is 0 Å². The van der Waals surface area contributed by atoms with E-state index in [-0.39, 0.29) is 33.7 Å². The van der Waals surface area contributed by atoms with Gasteiger partial charge in [0.25, 0.3) is 0 Å². The minimum Gasteiger partial charge on any atom is -0.389 e. The monoisotopic (exact) mass is 486 g/mol. The van der Waals surface area contributed by atoms with Gasteiger partial charge in [0.05, 0.1) is 12.7 Å². The second kappa shape index (κ2) is 9.21. The van der Waals surface area contributed by atoms with Crippen LogP contribution in [0.5, 0.6) is 0 Å². The normalized spacial score (nSPS) is 20.5. The quantitative estimate of drug-likeness (QED) is 0.299. The van der Waals surface area contributed by atoms with Crippen molar-refractivity contribution in [2.75, 3.05) is 6.61 Å². The Hall–Kier alpha value is -3.03. The average molecular weight is 486 g/mol. The molecule has 1 heterocycles. The van der Waals surface area contributed by atoms with Crippen molar-refractivity contribution in [2.24, 2.45) is 0 Å². The van der Waals surface area contributed by atoms with E-state index in [1.807, 2.05) is 6.08 Å². The number of allylic oxidation sites excluding steroid dienone is 2. The van der Waals surface area contributed by atoms with E-state index in [0.29, 0.717) is 37.0 Å². The molecular formula is C28H23F5O2. The summed E-state index contributed by atoms with van der Waals surface area (Å²) in [4.78, 5) is 0. The summed E-state index contributed by atoms with van der Waals surface area (Å²) in [6.07, 6.45) is 1.79. The third-order valence-electron chi connectivity index (χ3n) is 6.87. The van der Waals surface area contributed by atoms with Gasteiger partial charge in [-0.05, 0) is 49.3 Å². The summed E-state index contributed by atoms with van der Waals surface area (Å²) in [6.45, 7) is 1.71. The highest BCUT2D eigenvalue weighted by Crippen LogP contribution is 2.40. The number of hydrogen-bond acceptors (Lipinski definition) is 2. The smallest absolute Gasteiger partial charge is 0.167 e. The number of aliphatic hydroxyl groups is 1. The molecule has 0 saturated carbocycles. The fourth-order valence-corrected chi connectivity index (χ4v) is 4.77. The minimum absolute atomic E-state index is 0.0313. The van der Waals surface area contributed by atoms with Gasteiger partial charge < -0.3 is 9.84 Å². The standard InChI is InChI=1S/C28H23F5O2/c1-14(34)18-8-9-19(26(31)25(18)30)16-4-2-15(3-5-16)17-6-7-20(23(29)12-17)21-10-11-22(24-13-35-24)28(33)27(21)32/h4,6-12,14-15,24,34H,2-3,5,13H2,1H3. The predicted octanol–water partition coefficient (Wildman–Crippen LogP) is 7.52. The fraction of sp³-hybridized carbons (Fsp3) is 0.286. The summed E-state index contributed by atoms with van der Waals surface area (Å²) in [5.41, 5.74) is 1.36. The number of rotatable bonds is 5. The van der Waals surface area contributed by atoms with E-state index in [2.05, 4.69) is 0 Å². The summed E-state index contributed by atoms with van der Waals surface area (Å²) in [7, 11) is 0. The van der Waals surface area contributed by atoms with Crippen molar-refractivity contribution in [2.45, 2.75) is 44.3 Å². The maximum atomic E-state index is 15.0. The number of aliphatic hydroxyl groups excluding tert-OH is 1. The number of halogens is 5. The molecule has 0 amide bonds. The van der Waals surface area contributed by atoms with Crippen molar-refractivity contribution in [3.63, 3.8) is 0 Å². The Morgan fingerprint density at radius 2 is 1.54 bits per heavy atom. The lowest BCUT2D eigenvalue weighted by Crippen LogP contribution is -2.07. The molecule has 2 aliphatic rings. The molecule has 0 spiro atoms. The lowest BCUT2D eigenvalue weighted by Gasteiger charge is -2.23. The molecule has 1 fully saturated rings. The Bertz CT molecular complexity index is 1330. The van der Waals surface area contributed by atoms with Gasteiger partial charge in [-0.2, -0.15) is 0 Å². The predicted molar refractivity (Wildman–Crippen MR) is 122 cm³/mol. The molecule has 3 unspecified atom stereocenters. The van der Waals surface area contributed by atoms with Gasteiger partial charge >= 0.3 is 0 Å². The molecular weight excluding hydrogens is 463 g/mol. The van der Waals surface area contributed by atoms with E-state index in [1.54, 1.807) is 6.07 Å². The van der Waals surface area contributed by atoms with Gasteiger partial charge in [0.1, 0.15) is 11.9 Å². The lowest BCUT2D eigenvalue weighted by molar-refractivity contribution is 0.192. The third-order valence-corrected chi connectivity index (χ3v) is 6.87. The first kappa shape index (κ1) is 23.7. The highest BCUT2D eigenvalue weighted by molar-refractivity contribution is 5.68. The first-order valence-corrected chi connectivity index (χ1v) is 11.5. The van der Waals surface area contributed by atoms with Crippen LogP contribution >= 0.6 is 0 Å². The maximum absolute atomic E-state index is 15.0. The molecule has 0 radical (unpaired) electrons. The molecule has 1 aliphatic carbocycles. The highest BCUT2D eigenvalue weighted by Gasteiger charge is 2.31. The van der Waals surface area contributed by atoms with E-state index in [4.69, 9.17) is 4.74 Å². The van der Waals surface area contributed by atoms with Crippen LogP contribution in [0.4, 0.5) is 22.0 Å².